The quantitative estimate of drug-likeness (QED) is 0.915. The van der Waals surface area contributed by atoms with E-state index in [9.17, 15) is 8.78 Å². The summed E-state index contributed by atoms with van der Waals surface area (Å²) in [6.45, 7) is 2.23. The molecule has 4 heteroatoms. The lowest BCUT2D eigenvalue weighted by Crippen LogP contribution is -2.16. The molecule has 0 aromatic heterocycles. The summed E-state index contributed by atoms with van der Waals surface area (Å²) in [5.74, 6) is -1.19. The number of methoxy groups -OCH3 is 1. The van der Waals surface area contributed by atoms with E-state index in [1.165, 1.54) is 12.1 Å². The molecule has 2 N–H and O–H groups in total. The molecule has 2 aromatic carbocycles. The van der Waals surface area contributed by atoms with Gasteiger partial charge in [-0.25, -0.2) is 8.78 Å². The summed E-state index contributed by atoms with van der Waals surface area (Å²) in [5.41, 5.74) is 8.11. The maximum Gasteiger partial charge on any atom is 0.134 e. The molecule has 0 amide bonds. The fourth-order valence-electron chi connectivity index (χ4n) is 2.24. The Balaban J connectivity index is 2.28. The first kappa shape index (κ1) is 15.6. The Morgan fingerprint density at radius 3 is 2.38 bits per heavy atom. The van der Waals surface area contributed by atoms with Crippen molar-refractivity contribution in [2.75, 3.05) is 13.7 Å². The average molecular weight is 291 g/mol. The van der Waals surface area contributed by atoms with E-state index in [1.807, 2.05) is 12.1 Å². The first-order valence-electron chi connectivity index (χ1n) is 6.82. The number of nitrogens with two attached hydrogens (primary N) is 1. The van der Waals surface area contributed by atoms with Crippen molar-refractivity contribution in [3.05, 3.63) is 70.3 Å². The summed E-state index contributed by atoms with van der Waals surface area (Å²) in [7, 11) is 1.65. The van der Waals surface area contributed by atoms with Gasteiger partial charge in [-0.15, -0.1) is 0 Å². The maximum atomic E-state index is 14.1. The molecule has 1 atom stereocenters. The molecule has 2 aromatic rings. The predicted octanol–water partition coefficient (Wildman–Crippen LogP) is 3.51. The molecule has 112 valence electrons. The van der Waals surface area contributed by atoms with Gasteiger partial charge in [0.15, 0.2) is 0 Å². The Labute approximate surface area is 123 Å². The van der Waals surface area contributed by atoms with Gasteiger partial charge >= 0.3 is 0 Å². The largest absolute Gasteiger partial charge is 0.384 e. The third-order valence-corrected chi connectivity index (χ3v) is 3.56. The zero-order valence-corrected chi connectivity index (χ0v) is 12.2. The second-order valence-electron chi connectivity index (χ2n) is 5.05. The molecule has 2 nitrogen and oxygen atoms in total. The summed E-state index contributed by atoms with van der Waals surface area (Å²) < 4.78 is 33.0. The van der Waals surface area contributed by atoms with Crippen LogP contribution in [0.1, 0.15) is 28.3 Å². The summed E-state index contributed by atoms with van der Waals surface area (Å²) in [5, 5.41) is 0. The Bertz CT molecular complexity index is 611. The number of halogens is 2. The van der Waals surface area contributed by atoms with Gasteiger partial charge in [0.1, 0.15) is 11.6 Å². The van der Waals surface area contributed by atoms with Gasteiger partial charge in [-0.3, -0.25) is 0 Å². The SMILES string of the molecule is COCCc1ccc(C(N)c2c(F)ccc(C)c2F)cc1. The molecule has 1 unspecified atom stereocenters. The van der Waals surface area contributed by atoms with Crippen molar-refractivity contribution in [1.82, 2.24) is 0 Å². The van der Waals surface area contributed by atoms with Crippen molar-refractivity contribution in [3.63, 3.8) is 0 Å². The van der Waals surface area contributed by atoms with Crippen LogP contribution >= 0.6 is 0 Å². The van der Waals surface area contributed by atoms with Gasteiger partial charge in [0, 0.05) is 12.7 Å². The summed E-state index contributed by atoms with van der Waals surface area (Å²) >= 11 is 0. The molecule has 0 radical (unpaired) electrons. The molecule has 0 aliphatic carbocycles. The van der Waals surface area contributed by atoms with E-state index in [0.29, 0.717) is 17.7 Å². The van der Waals surface area contributed by atoms with Crippen molar-refractivity contribution < 1.29 is 13.5 Å². The molecule has 21 heavy (non-hydrogen) atoms. The van der Waals surface area contributed by atoms with Gasteiger partial charge in [-0.2, -0.15) is 0 Å². The lowest BCUT2D eigenvalue weighted by molar-refractivity contribution is 0.202. The highest BCUT2D eigenvalue weighted by atomic mass is 19.1. The van der Waals surface area contributed by atoms with Crippen molar-refractivity contribution in [3.8, 4) is 0 Å². The van der Waals surface area contributed by atoms with Gasteiger partial charge in [0.05, 0.1) is 12.6 Å². The lowest BCUT2D eigenvalue weighted by atomic mass is 9.96. The number of benzene rings is 2. The highest BCUT2D eigenvalue weighted by molar-refractivity contribution is 5.37. The molecule has 0 aliphatic rings. The number of ether oxygens (including phenoxy) is 1. The second-order valence-corrected chi connectivity index (χ2v) is 5.05. The summed E-state index contributed by atoms with van der Waals surface area (Å²) in [6, 6.07) is 9.25. The van der Waals surface area contributed by atoms with Crippen LogP contribution in [0, 0.1) is 18.6 Å². The number of aryl methyl sites for hydroxylation is 1. The van der Waals surface area contributed by atoms with Crippen LogP contribution in [0.25, 0.3) is 0 Å². The van der Waals surface area contributed by atoms with Gasteiger partial charge in [0.2, 0.25) is 0 Å². The van der Waals surface area contributed by atoms with Gasteiger partial charge < -0.3 is 10.5 Å². The van der Waals surface area contributed by atoms with E-state index in [2.05, 4.69) is 0 Å². The van der Waals surface area contributed by atoms with Crippen LogP contribution in [0.2, 0.25) is 0 Å². The fourth-order valence-corrected chi connectivity index (χ4v) is 2.24. The number of rotatable bonds is 5. The Morgan fingerprint density at radius 1 is 1.10 bits per heavy atom. The standard InChI is InChI=1S/C17H19F2NO/c1-11-3-8-14(18)15(16(11)19)17(20)13-6-4-12(5-7-13)9-10-21-2/h3-8,17H,9-10,20H2,1-2H3. The van der Waals surface area contributed by atoms with E-state index in [0.717, 1.165) is 12.0 Å². The van der Waals surface area contributed by atoms with Crippen LogP contribution in [-0.2, 0) is 11.2 Å². The highest BCUT2D eigenvalue weighted by Gasteiger charge is 2.19. The first-order chi connectivity index (χ1) is 10.0. The third kappa shape index (κ3) is 3.46. The molecule has 0 bridgehead atoms. The molecule has 0 aliphatic heterocycles. The molecule has 0 heterocycles. The minimum Gasteiger partial charge on any atom is -0.384 e. The van der Waals surface area contributed by atoms with Gasteiger partial charge in [-0.05, 0) is 36.1 Å². The fraction of sp³-hybridized carbons (Fsp3) is 0.294. The smallest absolute Gasteiger partial charge is 0.134 e. The predicted molar refractivity (Wildman–Crippen MR) is 79.1 cm³/mol. The molecule has 0 fully saturated rings. The van der Waals surface area contributed by atoms with Crippen LogP contribution in [0.15, 0.2) is 36.4 Å². The van der Waals surface area contributed by atoms with Crippen LogP contribution in [0.4, 0.5) is 8.78 Å². The average Bonchev–Trinajstić information content (AvgIpc) is 2.49. The molecule has 0 saturated heterocycles. The molecule has 0 saturated carbocycles. The third-order valence-electron chi connectivity index (χ3n) is 3.56. The number of hydrogen-bond acceptors (Lipinski definition) is 2. The lowest BCUT2D eigenvalue weighted by Gasteiger charge is -2.16. The van der Waals surface area contributed by atoms with Crippen LogP contribution in [0.5, 0.6) is 0 Å². The first-order valence-corrected chi connectivity index (χ1v) is 6.82. The molecular formula is C17H19F2NO. The molecular weight excluding hydrogens is 272 g/mol. The van der Waals surface area contributed by atoms with Crippen LogP contribution in [-0.4, -0.2) is 13.7 Å². The van der Waals surface area contributed by atoms with E-state index >= 15 is 0 Å². The van der Waals surface area contributed by atoms with E-state index in [-0.39, 0.29) is 5.56 Å². The zero-order valence-electron chi connectivity index (χ0n) is 12.2. The van der Waals surface area contributed by atoms with E-state index in [1.54, 1.807) is 26.2 Å². The zero-order chi connectivity index (χ0) is 15.4. The monoisotopic (exact) mass is 291 g/mol. The minimum absolute atomic E-state index is 0.0837. The van der Waals surface area contributed by atoms with E-state index < -0.39 is 17.7 Å². The number of hydrogen-bond donors (Lipinski definition) is 1. The second kappa shape index (κ2) is 6.78. The Morgan fingerprint density at radius 2 is 1.76 bits per heavy atom. The van der Waals surface area contributed by atoms with E-state index in [4.69, 9.17) is 10.5 Å². The maximum absolute atomic E-state index is 14.1. The van der Waals surface area contributed by atoms with Crippen molar-refractivity contribution >= 4 is 0 Å². The van der Waals surface area contributed by atoms with Gasteiger partial charge in [-0.1, -0.05) is 30.3 Å². The van der Waals surface area contributed by atoms with Gasteiger partial charge in [0.25, 0.3) is 0 Å². The minimum atomic E-state index is -0.818. The van der Waals surface area contributed by atoms with Crippen molar-refractivity contribution in [1.29, 1.82) is 0 Å². The Hall–Kier alpha value is -1.78. The van der Waals surface area contributed by atoms with Crippen molar-refractivity contribution in [2.24, 2.45) is 5.73 Å². The molecule has 0 spiro atoms. The Kier molecular flexibility index (Phi) is 5.04. The van der Waals surface area contributed by atoms with Crippen LogP contribution < -0.4 is 5.73 Å². The summed E-state index contributed by atoms with van der Waals surface area (Å²) in [4.78, 5) is 0. The van der Waals surface area contributed by atoms with Crippen LogP contribution in [0.3, 0.4) is 0 Å². The summed E-state index contributed by atoms with van der Waals surface area (Å²) in [6.07, 6.45) is 0.791. The normalized spacial score (nSPS) is 12.4. The highest BCUT2D eigenvalue weighted by Crippen LogP contribution is 2.27. The molecule has 2 rings (SSSR count). The topological polar surface area (TPSA) is 35.2 Å². The van der Waals surface area contributed by atoms with Crippen molar-refractivity contribution in [2.45, 2.75) is 19.4 Å².